The van der Waals surface area contributed by atoms with Crippen molar-refractivity contribution in [1.29, 1.82) is 0 Å². The highest BCUT2D eigenvalue weighted by Crippen LogP contribution is 2.29. The minimum atomic E-state index is -1.09. The normalized spacial score (nSPS) is 15.9. The zero-order valence-corrected chi connectivity index (χ0v) is 11.7. The van der Waals surface area contributed by atoms with E-state index in [9.17, 15) is 4.21 Å². The van der Waals surface area contributed by atoms with E-state index < -0.39 is 10.8 Å². The molecule has 94 valence electrons. The average Bonchev–Trinajstić information content (AvgIpc) is 2.47. The fourth-order valence-electron chi connectivity index (χ4n) is 1.79. The molecule has 3 atom stereocenters. The molecule has 3 heteroatoms. The van der Waals surface area contributed by atoms with E-state index in [0.717, 1.165) is 10.5 Å². The largest absolute Gasteiger partial charge is 0.254 e. The summed E-state index contributed by atoms with van der Waals surface area (Å²) in [5.41, 5.74) is 1.01. The van der Waals surface area contributed by atoms with E-state index in [-0.39, 0.29) is 10.6 Å². The molecule has 0 heterocycles. The number of hydrogen-bond acceptors (Lipinski definition) is 1. The maximum Gasteiger partial charge on any atom is 0.0729 e. The second kappa shape index (κ2) is 6.17. The van der Waals surface area contributed by atoms with E-state index in [1.165, 1.54) is 0 Å². The van der Waals surface area contributed by atoms with Crippen LogP contribution >= 0.6 is 11.6 Å². The third-order valence-corrected chi connectivity index (χ3v) is 5.31. The first-order valence-corrected chi connectivity index (χ1v) is 7.49. The topological polar surface area (TPSA) is 17.1 Å². The lowest BCUT2D eigenvalue weighted by Crippen LogP contribution is -2.17. The highest BCUT2D eigenvalue weighted by molar-refractivity contribution is 7.85. The molecular weight excluding hydrogens is 264 g/mol. The third-order valence-electron chi connectivity index (χ3n) is 2.84. The first-order chi connectivity index (χ1) is 8.70. The third kappa shape index (κ3) is 3.01. The van der Waals surface area contributed by atoms with Crippen molar-refractivity contribution in [2.24, 2.45) is 0 Å². The molecule has 0 aliphatic rings. The Morgan fingerprint density at radius 3 is 2.00 bits per heavy atom. The van der Waals surface area contributed by atoms with Crippen molar-refractivity contribution in [3.8, 4) is 0 Å². The quantitative estimate of drug-likeness (QED) is 0.768. The smallest absolute Gasteiger partial charge is 0.0729 e. The Kier molecular flexibility index (Phi) is 4.56. The van der Waals surface area contributed by atoms with Gasteiger partial charge in [0.1, 0.15) is 0 Å². The van der Waals surface area contributed by atoms with Crippen LogP contribution < -0.4 is 0 Å². The zero-order valence-electron chi connectivity index (χ0n) is 10.1. The summed E-state index contributed by atoms with van der Waals surface area (Å²) >= 11 is 6.41. The highest BCUT2D eigenvalue weighted by atomic mass is 35.5. The molecule has 0 saturated carbocycles. The summed E-state index contributed by atoms with van der Waals surface area (Å²) in [7, 11) is -1.09. The molecule has 0 aliphatic heterocycles. The Balaban J connectivity index is 2.17. The van der Waals surface area contributed by atoms with E-state index in [0.29, 0.717) is 0 Å². The number of alkyl halides is 1. The van der Waals surface area contributed by atoms with Crippen molar-refractivity contribution < 1.29 is 4.21 Å². The fraction of sp³-hybridized carbons (Fsp3) is 0.200. The first kappa shape index (κ1) is 13.3. The summed E-state index contributed by atoms with van der Waals surface area (Å²) in [5, 5.41) is -0.372. The molecule has 0 aromatic heterocycles. The van der Waals surface area contributed by atoms with Gasteiger partial charge in [-0.2, -0.15) is 0 Å². The van der Waals surface area contributed by atoms with Crippen LogP contribution in [0.5, 0.6) is 0 Å². The van der Waals surface area contributed by atoms with Crippen LogP contribution in [0.3, 0.4) is 0 Å². The maximum absolute atomic E-state index is 12.4. The molecule has 0 aliphatic carbocycles. The monoisotopic (exact) mass is 278 g/mol. The highest BCUT2D eigenvalue weighted by Gasteiger charge is 2.23. The van der Waals surface area contributed by atoms with Gasteiger partial charge in [0.05, 0.1) is 21.4 Å². The van der Waals surface area contributed by atoms with Crippen LogP contribution in [0.25, 0.3) is 0 Å². The van der Waals surface area contributed by atoms with Crippen LogP contribution in [-0.4, -0.2) is 9.46 Å². The van der Waals surface area contributed by atoms with Gasteiger partial charge in [-0.25, -0.2) is 0 Å². The van der Waals surface area contributed by atoms with E-state index in [4.69, 9.17) is 11.6 Å². The van der Waals surface area contributed by atoms with Crippen LogP contribution in [-0.2, 0) is 10.8 Å². The molecule has 2 aromatic carbocycles. The summed E-state index contributed by atoms with van der Waals surface area (Å²) in [6, 6.07) is 19.2. The van der Waals surface area contributed by atoms with E-state index in [1.807, 2.05) is 67.6 Å². The van der Waals surface area contributed by atoms with Gasteiger partial charge < -0.3 is 0 Å². The molecule has 0 N–H and O–H groups in total. The van der Waals surface area contributed by atoms with E-state index in [1.54, 1.807) is 0 Å². The lowest BCUT2D eigenvalue weighted by atomic mass is 10.1. The van der Waals surface area contributed by atoms with Crippen molar-refractivity contribution in [2.45, 2.75) is 22.4 Å². The SMILES string of the molecule is C[C@@H]([C@H](Cl)c1ccccc1)[S@@](=O)c1ccccc1. The fourth-order valence-corrected chi connectivity index (χ4v) is 3.44. The van der Waals surface area contributed by atoms with Crippen LogP contribution in [0.2, 0.25) is 0 Å². The Bertz CT molecular complexity index is 513. The molecule has 0 amide bonds. The molecular formula is C15H15ClOS. The maximum atomic E-state index is 12.4. The standard InChI is InChI=1S/C15H15ClOS/c1-12(15(16)13-8-4-2-5-9-13)18(17)14-10-6-3-7-11-14/h2-12,15H,1H3/t12-,15-,18+/m0/s1. The number of benzene rings is 2. The summed E-state index contributed by atoms with van der Waals surface area (Å²) in [6.07, 6.45) is 0. The molecule has 0 saturated heterocycles. The van der Waals surface area contributed by atoms with Crippen molar-refractivity contribution in [2.75, 3.05) is 0 Å². The van der Waals surface area contributed by atoms with Crippen LogP contribution in [0.1, 0.15) is 17.9 Å². The van der Waals surface area contributed by atoms with Gasteiger partial charge in [0.2, 0.25) is 0 Å². The molecule has 0 unspecified atom stereocenters. The second-order valence-corrected chi connectivity index (χ2v) is 6.41. The summed E-state index contributed by atoms with van der Waals surface area (Å²) in [5.74, 6) is 0. The van der Waals surface area contributed by atoms with Crippen molar-refractivity contribution in [3.05, 3.63) is 66.2 Å². The lowest BCUT2D eigenvalue weighted by molar-refractivity contribution is 0.670. The van der Waals surface area contributed by atoms with Gasteiger partial charge >= 0.3 is 0 Å². The summed E-state index contributed by atoms with van der Waals surface area (Å²) in [4.78, 5) is 0.826. The van der Waals surface area contributed by atoms with E-state index >= 15 is 0 Å². The van der Waals surface area contributed by atoms with Gasteiger partial charge in [-0.3, -0.25) is 4.21 Å². The van der Waals surface area contributed by atoms with Crippen LogP contribution in [0, 0.1) is 0 Å². The minimum Gasteiger partial charge on any atom is -0.254 e. The first-order valence-electron chi connectivity index (χ1n) is 5.85. The molecule has 2 aromatic rings. The molecule has 0 bridgehead atoms. The molecule has 0 radical (unpaired) electrons. The van der Waals surface area contributed by atoms with Crippen molar-refractivity contribution in [1.82, 2.24) is 0 Å². The predicted molar refractivity (Wildman–Crippen MR) is 77.3 cm³/mol. The molecule has 2 rings (SSSR count). The van der Waals surface area contributed by atoms with Gasteiger partial charge in [-0.05, 0) is 24.6 Å². The number of hydrogen-bond donors (Lipinski definition) is 0. The van der Waals surface area contributed by atoms with Gasteiger partial charge in [-0.1, -0.05) is 48.5 Å². The van der Waals surface area contributed by atoms with Crippen molar-refractivity contribution in [3.63, 3.8) is 0 Å². The average molecular weight is 279 g/mol. The zero-order chi connectivity index (χ0) is 13.0. The van der Waals surface area contributed by atoms with Crippen LogP contribution in [0.4, 0.5) is 0 Å². The Morgan fingerprint density at radius 1 is 0.944 bits per heavy atom. The van der Waals surface area contributed by atoms with Crippen LogP contribution in [0.15, 0.2) is 65.6 Å². The van der Waals surface area contributed by atoms with Gasteiger partial charge in [0, 0.05) is 4.90 Å². The number of halogens is 1. The van der Waals surface area contributed by atoms with Gasteiger partial charge in [0.25, 0.3) is 0 Å². The molecule has 1 nitrogen and oxygen atoms in total. The van der Waals surface area contributed by atoms with Gasteiger partial charge in [-0.15, -0.1) is 11.6 Å². The lowest BCUT2D eigenvalue weighted by Gasteiger charge is -2.18. The van der Waals surface area contributed by atoms with Crippen molar-refractivity contribution >= 4 is 22.4 Å². The molecule has 18 heavy (non-hydrogen) atoms. The Morgan fingerprint density at radius 2 is 1.44 bits per heavy atom. The molecule has 0 fully saturated rings. The second-order valence-electron chi connectivity index (χ2n) is 4.13. The predicted octanol–water partition coefficient (Wildman–Crippen LogP) is 4.16. The minimum absolute atomic E-state index is 0.128. The molecule has 0 spiro atoms. The number of rotatable bonds is 4. The Labute approximate surface area is 115 Å². The summed E-state index contributed by atoms with van der Waals surface area (Å²) < 4.78 is 12.4. The van der Waals surface area contributed by atoms with E-state index in [2.05, 4.69) is 0 Å². The summed E-state index contributed by atoms with van der Waals surface area (Å²) in [6.45, 7) is 1.92. The Hall–Kier alpha value is -1.12. The van der Waals surface area contributed by atoms with Gasteiger partial charge in [0.15, 0.2) is 0 Å².